The van der Waals surface area contributed by atoms with Crippen LogP contribution >= 0.6 is 11.6 Å². The molecule has 0 spiro atoms. The fourth-order valence-corrected chi connectivity index (χ4v) is 2.54. The van der Waals surface area contributed by atoms with Gasteiger partial charge in [-0.2, -0.15) is 5.26 Å². The lowest BCUT2D eigenvalue weighted by molar-refractivity contribution is 0.193. The summed E-state index contributed by atoms with van der Waals surface area (Å²) in [4.78, 5) is 2.01. The molecular weight excluding hydrogens is 239 g/mol. The normalized spacial score (nSPS) is 18.6. The van der Waals surface area contributed by atoms with Crippen molar-refractivity contribution < 1.29 is 4.39 Å². The number of benzene rings is 1. The number of hydrogen-bond acceptors (Lipinski definition) is 2. The highest BCUT2D eigenvalue weighted by Crippen LogP contribution is 2.31. The van der Waals surface area contributed by atoms with Crippen molar-refractivity contribution in [3.63, 3.8) is 0 Å². The molecule has 1 heterocycles. The largest absolute Gasteiger partial charge is 0.284 e. The van der Waals surface area contributed by atoms with Crippen molar-refractivity contribution in [3.05, 3.63) is 34.6 Å². The number of nitriles is 1. The standard InChI is InChI=1S/C13H14ClFN2/c14-10-5-4-6-11(15)13(10)12(9-16)17-7-2-1-3-8-17/h4-6,12H,1-3,7-8H2. The second-order valence-corrected chi connectivity index (χ2v) is 4.67. The molecule has 1 aromatic rings. The van der Waals surface area contributed by atoms with E-state index in [-0.39, 0.29) is 0 Å². The van der Waals surface area contributed by atoms with E-state index in [0.717, 1.165) is 25.9 Å². The molecule has 1 unspecified atom stereocenters. The van der Waals surface area contributed by atoms with Crippen molar-refractivity contribution in [2.45, 2.75) is 25.3 Å². The summed E-state index contributed by atoms with van der Waals surface area (Å²) in [6.07, 6.45) is 3.30. The minimum Gasteiger partial charge on any atom is -0.284 e. The van der Waals surface area contributed by atoms with Gasteiger partial charge in [0, 0.05) is 10.6 Å². The smallest absolute Gasteiger partial charge is 0.130 e. The van der Waals surface area contributed by atoms with Gasteiger partial charge in [0.25, 0.3) is 0 Å². The molecule has 0 N–H and O–H groups in total. The number of piperidine rings is 1. The fourth-order valence-electron chi connectivity index (χ4n) is 2.28. The van der Waals surface area contributed by atoms with Crippen LogP contribution in [0, 0.1) is 17.1 Å². The Morgan fingerprint density at radius 1 is 1.29 bits per heavy atom. The molecule has 0 aliphatic carbocycles. The molecule has 17 heavy (non-hydrogen) atoms. The summed E-state index contributed by atoms with van der Waals surface area (Å²) in [6.45, 7) is 1.67. The summed E-state index contributed by atoms with van der Waals surface area (Å²) in [5.41, 5.74) is 0.318. The second-order valence-electron chi connectivity index (χ2n) is 4.26. The maximum Gasteiger partial charge on any atom is 0.130 e. The zero-order valence-electron chi connectivity index (χ0n) is 9.50. The van der Waals surface area contributed by atoms with E-state index >= 15 is 0 Å². The Morgan fingerprint density at radius 2 is 2.00 bits per heavy atom. The molecule has 1 saturated heterocycles. The van der Waals surface area contributed by atoms with Gasteiger partial charge in [-0.25, -0.2) is 4.39 Å². The van der Waals surface area contributed by atoms with Gasteiger partial charge in [-0.3, -0.25) is 4.90 Å². The van der Waals surface area contributed by atoms with E-state index in [4.69, 9.17) is 11.6 Å². The molecule has 0 radical (unpaired) electrons. The molecule has 1 fully saturated rings. The number of rotatable bonds is 2. The van der Waals surface area contributed by atoms with E-state index in [9.17, 15) is 9.65 Å². The maximum absolute atomic E-state index is 13.8. The second kappa shape index (κ2) is 5.48. The average molecular weight is 253 g/mol. The highest BCUT2D eigenvalue weighted by atomic mass is 35.5. The van der Waals surface area contributed by atoms with Gasteiger partial charge in [-0.15, -0.1) is 0 Å². The predicted molar refractivity (Wildman–Crippen MR) is 65.2 cm³/mol. The number of nitrogens with zero attached hydrogens (tertiary/aromatic N) is 2. The first-order chi connectivity index (χ1) is 8.24. The molecule has 90 valence electrons. The van der Waals surface area contributed by atoms with Crippen LogP contribution in [0.4, 0.5) is 4.39 Å². The van der Waals surface area contributed by atoms with Crippen LogP contribution in [0.25, 0.3) is 0 Å². The lowest BCUT2D eigenvalue weighted by Gasteiger charge is -2.31. The molecule has 1 atom stereocenters. The quantitative estimate of drug-likeness (QED) is 0.805. The minimum absolute atomic E-state index is 0.318. The summed E-state index contributed by atoms with van der Waals surface area (Å²) >= 11 is 6.00. The maximum atomic E-state index is 13.8. The minimum atomic E-state index is -0.566. The Hall–Kier alpha value is -1.11. The van der Waals surface area contributed by atoms with Gasteiger partial charge in [0.05, 0.1) is 6.07 Å². The first-order valence-electron chi connectivity index (χ1n) is 5.81. The highest BCUT2D eigenvalue weighted by molar-refractivity contribution is 6.31. The predicted octanol–water partition coefficient (Wildman–Crippen LogP) is 3.53. The van der Waals surface area contributed by atoms with Crippen molar-refractivity contribution in [2.75, 3.05) is 13.1 Å². The molecule has 4 heteroatoms. The van der Waals surface area contributed by atoms with Crippen LogP contribution in [-0.4, -0.2) is 18.0 Å². The summed E-state index contributed by atoms with van der Waals surface area (Å²) in [5.74, 6) is -0.394. The summed E-state index contributed by atoms with van der Waals surface area (Å²) in [5, 5.41) is 9.60. The fraction of sp³-hybridized carbons (Fsp3) is 0.462. The Bertz CT molecular complexity index is 415. The summed E-state index contributed by atoms with van der Waals surface area (Å²) in [6, 6.07) is 6.16. The SMILES string of the molecule is N#CC(c1c(F)cccc1Cl)N1CCCCC1. The molecule has 2 nitrogen and oxygen atoms in total. The molecule has 0 saturated carbocycles. The number of hydrogen-bond donors (Lipinski definition) is 0. The Balaban J connectivity index is 2.32. The van der Waals surface area contributed by atoms with Gasteiger partial charge >= 0.3 is 0 Å². The first-order valence-corrected chi connectivity index (χ1v) is 6.19. The Labute approximate surface area is 106 Å². The van der Waals surface area contributed by atoms with Crippen molar-refractivity contribution in [2.24, 2.45) is 0 Å². The van der Waals surface area contributed by atoms with Crippen molar-refractivity contribution in [1.29, 1.82) is 5.26 Å². The van der Waals surface area contributed by atoms with Gasteiger partial charge in [0.1, 0.15) is 11.9 Å². The van der Waals surface area contributed by atoms with Gasteiger partial charge in [0.15, 0.2) is 0 Å². The van der Waals surface area contributed by atoms with Gasteiger partial charge < -0.3 is 0 Å². The van der Waals surface area contributed by atoms with Gasteiger partial charge in [-0.1, -0.05) is 24.1 Å². The molecule has 1 aromatic carbocycles. The monoisotopic (exact) mass is 252 g/mol. The van der Waals surface area contributed by atoms with E-state index < -0.39 is 11.9 Å². The Morgan fingerprint density at radius 3 is 2.59 bits per heavy atom. The molecule has 0 amide bonds. The molecule has 1 aliphatic rings. The zero-order valence-corrected chi connectivity index (χ0v) is 10.3. The van der Waals surface area contributed by atoms with Crippen LogP contribution in [0.2, 0.25) is 5.02 Å². The molecule has 0 bridgehead atoms. The number of halogens is 2. The van der Waals surface area contributed by atoms with E-state index in [0.29, 0.717) is 10.6 Å². The third-order valence-electron chi connectivity index (χ3n) is 3.15. The van der Waals surface area contributed by atoms with Crippen LogP contribution in [-0.2, 0) is 0 Å². The third-order valence-corrected chi connectivity index (χ3v) is 3.48. The van der Waals surface area contributed by atoms with Crippen LogP contribution in [0.5, 0.6) is 0 Å². The van der Waals surface area contributed by atoms with Crippen molar-refractivity contribution in [3.8, 4) is 6.07 Å². The van der Waals surface area contributed by atoms with E-state index in [1.54, 1.807) is 12.1 Å². The zero-order chi connectivity index (χ0) is 12.3. The summed E-state index contributed by atoms with van der Waals surface area (Å²) < 4.78 is 13.8. The van der Waals surface area contributed by atoms with E-state index in [2.05, 4.69) is 6.07 Å². The molecule has 0 aromatic heterocycles. The lowest BCUT2D eigenvalue weighted by Crippen LogP contribution is -2.33. The Kier molecular flexibility index (Phi) is 3.98. The number of likely N-dealkylation sites (tertiary alicyclic amines) is 1. The van der Waals surface area contributed by atoms with Crippen molar-refractivity contribution in [1.82, 2.24) is 4.90 Å². The van der Waals surface area contributed by atoms with Gasteiger partial charge in [-0.05, 0) is 38.1 Å². The third kappa shape index (κ3) is 2.59. The van der Waals surface area contributed by atoms with Crippen LogP contribution in [0.3, 0.4) is 0 Å². The van der Waals surface area contributed by atoms with Crippen LogP contribution in [0.1, 0.15) is 30.9 Å². The molecule has 2 rings (SSSR count). The van der Waals surface area contributed by atoms with Crippen molar-refractivity contribution >= 4 is 11.6 Å². The van der Waals surface area contributed by atoms with Crippen LogP contribution in [0.15, 0.2) is 18.2 Å². The molecular formula is C13H14ClFN2. The van der Waals surface area contributed by atoms with Crippen LogP contribution < -0.4 is 0 Å². The lowest BCUT2D eigenvalue weighted by atomic mass is 10.0. The summed E-state index contributed by atoms with van der Waals surface area (Å²) in [7, 11) is 0. The van der Waals surface area contributed by atoms with E-state index in [1.165, 1.54) is 12.5 Å². The average Bonchev–Trinajstić information content (AvgIpc) is 2.35. The first kappa shape index (κ1) is 12.3. The molecule has 1 aliphatic heterocycles. The van der Waals surface area contributed by atoms with E-state index in [1.807, 2.05) is 4.90 Å². The highest BCUT2D eigenvalue weighted by Gasteiger charge is 2.26. The topological polar surface area (TPSA) is 27.0 Å². The van der Waals surface area contributed by atoms with Gasteiger partial charge in [0.2, 0.25) is 0 Å².